The number of aromatic nitrogens is 4. The molecule has 4 rings (SSSR count). The molecular weight excluding hydrogens is 400 g/mol. The SMILES string of the molecule is N#Cc1ccc(C(Cn2ccnc2)C(=O)C(Cn2ccnc2)c2ccc(C#N)cc2)cc1. The monoisotopic (exact) mass is 420 g/mol. The van der Waals surface area contributed by atoms with Crippen molar-refractivity contribution in [2.24, 2.45) is 0 Å². The molecule has 2 aromatic carbocycles. The van der Waals surface area contributed by atoms with Crippen molar-refractivity contribution in [2.45, 2.75) is 24.9 Å². The lowest BCUT2D eigenvalue weighted by Crippen LogP contribution is -2.27. The molecule has 0 amide bonds. The van der Waals surface area contributed by atoms with Gasteiger partial charge in [-0.2, -0.15) is 10.5 Å². The molecule has 0 fully saturated rings. The Morgan fingerprint density at radius 3 is 1.47 bits per heavy atom. The molecule has 0 aliphatic carbocycles. The predicted molar refractivity (Wildman–Crippen MR) is 117 cm³/mol. The van der Waals surface area contributed by atoms with Crippen LogP contribution in [0.4, 0.5) is 0 Å². The molecule has 0 aliphatic heterocycles. The van der Waals surface area contributed by atoms with Crippen LogP contribution >= 0.6 is 0 Å². The van der Waals surface area contributed by atoms with Crippen LogP contribution in [0.15, 0.2) is 86.0 Å². The molecule has 7 nitrogen and oxygen atoms in total. The van der Waals surface area contributed by atoms with Gasteiger partial charge in [0.05, 0.1) is 47.8 Å². The van der Waals surface area contributed by atoms with E-state index in [1.807, 2.05) is 45.8 Å². The van der Waals surface area contributed by atoms with Crippen molar-refractivity contribution in [2.75, 3.05) is 0 Å². The van der Waals surface area contributed by atoms with Gasteiger partial charge in [0.1, 0.15) is 0 Å². The van der Waals surface area contributed by atoms with Crippen LogP contribution in [0.25, 0.3) is 0 Å². The topological polar surface area (TPSA) is 100 Å². The molecule has 0 radical (unpaired) electrons. The maximum absolute atomic E-state index is 14.0. The van der Waals surface area contributed by atoms with Crippen LogP contribution in [0.1, 0.15) is 34.1 Å². The number of rotatable bonds is 8. The predicted octanol–water partition coefficient (Wildman–Crippen LogP) is 3.66. The summed E-state index contributed by atoms with van der Waals surface area (Å²) in [5, 5.41) is 18.3. The Bertz CT molecular complexity index is 1140. The molecule has 0 N–H and O–H groups in total. The summed E-state index contributed by atoms with van der Waals surface area (Å²) in [6, 6.07) is 18.5. The van der Waals surface area contributed by atoms with E-state index < -0.39 is 11.8 Å². The minimum Gasteiger partial charge on any atom is -0.336 e. The highest BCUT2D eigenvalue weighted by molar-refractivity contribution is 5.91. The quantitative estimate of drug-likeness (QED) is 0.433. The molecule has 0 bridgehead atoms. The van der Waals surface area contributed by atoms with Crippen molar-refractivity contribution in [3.05, 3.63) is 108 Å². The molecule has 0 spiro atoms. The number of imidazole rings is 2. The second-order valence-corrected chi connectivity index (χ2v) is 7.49. The Morgan fingerprint density at radius 2 is 1.16 bits per heavy atom. The van der Waals surface area contributed by atoms with Crippen LogP contribution in [-0.2, 0) is 17.9 Å². The van der Waals surface area contributed by atoms with Gasteiger partial charge in [0, 0.05) is 37.9 Å². The van der Waals surface area contributed by atoms with Crippen molar-refractivity contribution in [1.82, 2.24) is 19.1 Å². The maximum Gasteiger partial charge on any atom is 0.151 e. The van der Waals surface area contributed by atoms with Crippen LogP contribution in [0.3, 0.4) is 0 Å². The number of hydrogen-bond acceptors (Lipinski definition) is 5. The van der Waals surface area contributed by atoms with E-state index in [1.165, 1.54) is 0 Å². The molecule has 156 valence electrons. The zero-order valence-corrected chi connectivity index (χ0v) is 17.2. The number of hydrogen-bond donors (Lipinski definition) is 0. The molecule has 32 heavy (non-hydrogen) atoms. The Kier molecular flexibility index (Phi) is 6.20. The fourth-order valence-electron chi connectivity index (χ4n) is 3.75. The summed E-state index contributed by atoms with van der Waals surface area (Å²) < 4.78 is 3.77. The normalized spacial score (nSPS) is 12.4. The molecule has 4 aromatic rings. The molecule has 0 saturated heterocycles. The molecule has 0 aliphatic rings. The fourth-order valence-corrected chi connectivity index (χ4v) is 3.75. The third kappa shape index (κ3) is 4.63. The average Bonchev–Trinajstić information content (AvgIpc) is 3.55. The van der Waals surface area contributed by atoms with Gasteiger partial charge in [-0.3, -0.25) is 4.79 Å². The summed E-state index contributed by atoms with van der Waals surface area (Å²) in [7, 11) is 0. The zero-order chi connectivity index (χ0) is 22.3. The van der Waals surface area contributed by atoms with Crippen molar-refractivity contribution < 1.29 is 4.79 Å². The lowest BCUT2D eigenvalue weighted by molar-refractivity contribution is -0.122. The molecule has 2 unspecified atom stereocenters. The Morgan fingerprint density at radius 1 is 0.750 bits per heavy atom. The summed E-state index contributed by atoms with van der Waals surface area (Å²) in [5.74, 6) is -0.843. The Balaban J connectivity index is 1.73. The van der Waals surface area contributed by atoms with E-state index in [1.54, 1.807) is 49.3 Å². The van der Waals surface area contributed by atoms with Gasteiger partial charge in [-0.25, -0.2) is 9.97 Å². The van der Waals surface area contributed by atoms with E-state index in [9.17, 15) is 4.79 Å². The minimum atomic E-state index is -0.443. The third-order valence-corrected chi connectivity index (χ3v) is 5.48. The first-order chi connectivity index (χ1) is 15.7. The summed E-state index contributed by atoms with van der Waals surface area (Å²) in [4.78, 5) is 22.2. The van der Waals surface area contributed by atoms with E-state index in [2.05, 4.69) is 22.1 Å². The number of benzene rings is 2. The van der Waals surface area contributed by atoms with Crippen LogP contribution in [0.2, 0.25) is 0 Å². The number of nitrogens with zero attached hydrogens (tertiary/aromatic N) is 6. The second kappa shape index (κ2) is 9.55. The number of nitriles is 2. The minimum absolute atomic E-state index is 0.0433. The van der Waals surface area contributed by atoms with Gasteiger partial charge in [0.15, 0.2) is 5.78 Å². The average molecular weight is 420 g/mol. The Hall–Kier alpha value is -4.49. The van der Waals surface area contributed by atoms with Gasteiger partial charge in [0.2, 0.25) is 0 Å². The highest BCUT2D eigenvalue weighted by Crippen LogP contribution is 2.30. The van der Waals surface area contributed by atoms with Crippen molar-refractivity contribution in [1.29, 1.82) is 10.5 Å². The van der Waals surface area contributed by atoms with E-state index in [0.717, 1.165) is 11.1 Å². The third-order valence-electron chi connectivity index (χ3n) is 5.48. The summed E-state index contributed by atoms with van der Waals surface area (Å²) in [6.07, 6.45) is 10.4. The summed E-state index contributed by atoms with van der Waals surface area (Å²) in [6.45, 7) is 0.864. The largest absolute Gasteiger partial charge is 0.336 e. The van der Waals surface area contributed by atoms with Crippen LogP contribution in [0.5, 0.6) is 0 Å². The second-order valence-electron chi connectivity index (χ2n) is 7.49. The molecular formula is C25H20N6O. The molecule has 2 heterocycles. The zero-order valence-electron chi connectivity index (χ0n) is 17.2. The molecule has 2 aromatic heterocycles. The van der Waals surface area contributed by atoms with Crippen LogP contribution in [-0.4, -0.2) is 24.9 Å². The fraction of sp³-hybridized carbons (Fsp3) is 0.160. The van der Waals surface area contributed by atoms with Crippen LogP contribution < -0.4 is 0 Å². The number of Topliss-reactive ketones (excluding diaryl/α,β-unsaturated/α-hetero) is 1. The van der Waals surface area contributed by atoms with Crippen LogP contribution in [0, 0.1) is 22.7 Å². The first kappa shape index (κ1) is 20.8. The van der Waals surface area contributed by atoms with Crippen molar-refractivity contribution >= 4 is 5.78 Å². The van der Waals surface area contributed by atoms with E-state index in [0.29, 0.717) is 24.2 Å². The highest BCUT2D eigenvalue weighted by atomic mass is 16.1. The smallest absolute Gasteiger partial charge is 0.151 e. The van der Waals surface area contributed by atoms with Gasteiger partial charge >= 0.3 is 0 Å². The standard InChI is InChI=1S/C25H20N6O/c26-13-19-1-5-21(6-2-19)23(15-30-11-9-28-17-30)25(32)24(16-31-12-10-29-18-31)22-7-3-20(14-27)4-8-22/h1-12,17-18,23-24H,15-16H2. The maximum atomic E-state index is 14.0. The van der Waals surface area contributed by atoms with Crippen molar-refractivity contribution in [3.8, 4) is 12.1 Å². The number of carbonyl (C=O) groups excluding carboxylic acids is 1. The summed E-state index contributed by atoms with van der Waals surface area (Å²) >= 11 is 0. The lowest BCUT2D eigenvalue weighted by Gasteiger charge is -2.24. The van der Waals surface area contributed by atoms with Gasteiger partial charge in [-0.05, 0) is 35.4 Å². The first-order valence-corrected chi connectivity index (χ1v) is 10.1. The molecule has 2 atom stereocenters. The van der Waals surface area contributed by atoms with Gasteiger partial charge in [-0.1, -0.05) is 24.3 Å². The molecule has 7 heteroatoms. The number of ketones is 1. The lowest BCUT2D eigenvalue weighted by atomic mass is 9.83. The first-order valence-electron chi connectivity index (χ1n) is 10.1. The van der Waals surface area contributed by atoms with E-state index in [-0.39, 0.29) is 5.78 Å². The van der Waals surface area contributed by atoms with Gasteiger partial charge in [0.25, 0.3) is 0 Å². The van der Waals surface area contributed by atoms with Gasteiger partial charge < -0.3 is 9.13 Å². The Labute approximate surface area is 185 Å². The van der Waals surface area contributed by atoms with E-state index in [4.69, 9.17) is 10.5 Å². The highest BCUT2D eigenvalue weighted by Gasteiger charge is 2.30. The summed E-state index contributed by atoms with van der Waals surface area (Å²) in [5.41, 5.74) is 2.77. The van der Waals surface area contributed by atoms with Crippen molar-refractivity contribution in [3.63, 3.8) is 0 Å². The van der Waals surface area contributed by atoms with Gasteiger partial charge in [-0.15, -0.1) is 0 Å². The molecule has 0 saturated carbocycles. The number of carbonyl (C=O) groups is 1. The van der Waals surface area contributed by atoms with E-state index >= 15 is 0 Å².